The minimum Gasteiger partial charge on any atom is -0.508 e. The highest BCUT2D eigenvalue weighted by molar-refractivity contribution is 5.87. The highest BCUT2D eigenvalue weighted by Crippen LogP contribution is 2.25. The van der Waals surface area contributed by atoms with Crippen LogP contribution in [-0.4, -0.2) is 29.6 Å². The first kappa shape index (κ1) is 17.3. The molecular weight excluding hydrogens is 322 g/mol. The molecule has 6 heteroatoms. The highest BCUT2D eigenvalue weighted by Gasteiger charge is 2.23. The summed E-state index contributed by atoms with van der Waals surface area (Å²) < 4.78 is 10.4. The summed E-state index contributed by atoms with van der Waals surface area (Å²) in [5.41, 5.74) is 1.17. The minimum atomic E-state index is -0.484. The van der Waals surface area contributed by atoms with E-state index in [-0.39, 0.29) is 30.7 Å². The maximum Gasteiger partial charge on any atom is 0.310 e. The predicted molar refractivity (Wildman–Crippen MR) is 92.1 cm³/mol. The molecule has 1 heterocycles. The van der Waals surface area contributed by atoms with Gasteiger partial charge in [-0.3, -0.25) is 9.59 Å². The second-order valence-corrected chi connectivity index (χ2v) is 6.71. The van der Waals surface area contributed by atoms with Gasteiger partial charge in [-0.25, -0.2) is 0 Å². The fraction of sp³-hybridized carbons (Fsp3) is 0.474. The van der Waals surface area contributed by atoms with E-state index in [1.165, 1.54) is 24.8 Å². The molecule has 0 saturated heterocycles. The third kappa shape index (κ3) is 4.32. The van der Waals surface area contributed by atoms with Crippen LogP contribution in [0.25, 0.3) is 11.0 Å². The molecule has 1 aromatic carbocycles. The SMILES string of the molecule is C[C@@H]1CCCC[C@H]1NC(=O)COC(=O)Cc1coc2cc(O)ccc12. The molecule has 2 aromatic rings. The third-order valence-corrected chi connectivity index (χ3v) is 4.80. The van der Waals surface area contributed by atoms with Crippen LogP contribution in [-0.2, 0) is 20.7 Å². The lowest BCUT2D eigenvalue weighted by molar-refractivity contribution is -0.148. The van der Waals surface area contributed by atoms with Gasteiger partial charge >= 0.3 is 5.97 Å². The van der Waals surface area contributed by atoms with Crippen LogP contribution in [0.2, 0.25) is 0 Å². The summed E-state index contributed by atoms with van der Waals surface area (Å²) in [6, 6.07) is 4.88. The van der Waals surface area contributed by atoms with Gasteiger partial charge in [0.25, 0.3) is 5.91 Å². The summed E-state index contributed by atoms with van der Waals surface area (Å²) in [7, 11) is 0. The number of carbonyl (C=O) groups is 2. The molecule has 0 unspecified atom stereocenters. The van der Waals surface area contributed by atoms with E-state index in [1.807, 2.05) is 0 Å². The maximum absolute atomic E-state index is 12.0. The molecule has 1 aromatic heterocycles. The Morgan fingerprint density at radius 3 is 2.92 bits per heavy atom. The number of rotatable bonds is 5. The van der Waals surface area contributed by atoms with E-state index in [1.54, 1.807) is 6.07 Å². The van der Waals surface area contributed by atoms with Crippen molar-refractivity contribution in [3.63, 3.8) is 0 Å². The van der Waals surface area contributed by atoms with Gasteiger partial charge in [0, 0.05) is 23.1 Å². The summed E-state index contributed by atoms with van der Waals surface area (Å²) in [5, 5.41) is 13.1. The van der Waals surface area contributed by atoms with Gasteiger partial charge in [-0.1, -0.05) is 19.8 Å². The Balaban J connectivity index is 1.49. The van der Waals surface area contributed by atoms with Crippen molar-refractivity contribution < 1.29 is 23.8 Å². The molecule has 6 nitrogen and oxygen atoms in total. The van der Waals surface area contributed by atoms with Crippen LogP contribution in [0.1, 0.15) is 38.2 Å². The van der Waals surface area contributed by atoms with E-state index < -0.39 is 5.97 Å². The number of carbonyl (C=O) groups excluding carboxylic acids is 2. The fourth-order valence-corrected chi connectivity index (χ4v) is 3.34. The summed E-state index contributed by atoms with van der Waals surface area (Å²) in [6.45, 7) is 1.87. The average molecular weight is 345 g/mol. The molecule has 134 valence electrons. The number of fused-ring (bicyclic) bond motifs is 1. The average Bonchev–Trinajstić information content (AvgIpc) is 2.97. The van der Waals surface area contributed by atoms with Crippen molar-refractivity contribution in [3.05, 3.63) is 30.0 Å². The number of esters is 1. The van der Waals surface area contributed by atoms with Gasteiger partial charge in [0.15, 0.2) is 6.61 Å². The monoisotopic (exact) mass is 345 g/mol. The molecule has 0 spiro atoms. The summed E-state index contributed by atoms with van der Waals surface area (Å²) in [4.78, 5) is 24.0. The Hall–Kier alpha value is -2.50. The Bertz CT molecular complexity index is 766. The van der Waals surface area contributed by atoms with Gasteiger partial charge in [-0.15, -0.1) is 0 Å². The number of benzene rings is 1. The van der Waals surface area contributed by atoms with Gasteiger partial charge in [0.2, 0.25) is 0 Å². The zero-order valence-electron chi connectivity index (χ0n) is 14.3. The number of amides is 1. The topological polar surface area (TPSA) is 88.8 Å². The third-order valence-electron chi connectivity index (χ3n) is 4.80. The normalized spacial score (nSPS) is 20.4. The van der Waals surface area contributed by atoms with Crippen molar-refractivity contribution in [2.75, 3.05) is 6.61 Å². The fourth-order valence-electron chi connectivity index (χ4n) is 3.34. The van der Waals surface area contributed by atoms with Crippen molar-refractivity contribution in [1.82, 2.24) is 5.32 Å². The maximum atomic E-state index is 12.0. The second kappa shape index (κ2) is 7.59. The second-order valence-electron chi connectivity index (χ2n) is 6.71. The first-order valence-corrected chi connectivity index (χ1v) is 8.67. The predicted octanol–water partition coefficient (Wildman–Crippen LogP) is 2.92. The quantitative estimate of drug-likeness (QED) is 0.814. The largest absolute Gasteiger partial charge is 0.508 e. The number of ether oxygens (including phenoxy) is 1. The summed E-state index contributed by atoms with van der Waals surface area (Å²) in [5.74, 6) is -0.177. The van der Waals surface area contributed by atoms with Crippen molar-refractivity contribution in [1.29, 1.82) is 0 Å². The minimum absolute atomic E-state index is 0.0187. The molecule has 0 radical (unpaired) electrons. The Labute approximate surface area is 146 Å². The van der Waals surface area contributed by atoms with E-state index >= 15 is 0 Å². The smallest absolute Gasteiger partial charge is 0.310 e. The molecule has 3 rings (SSSR count). The molecule has 1 aliphatic carbocycles. The van der Waals surface area contributed by atoms with Crippen molar-refractivity contribution in [2.45, 2.75) is 45.1 Å². The first-order chi connectivity index (χ1) is 12.0. The molecular formula is C19H23NO5. The van der Waals surface area contributed by atoms with Crippen LogP contribution in [0.5, 0.6) is 5.75 Å². The highest BCUT2D eigenvalue weighted by atomic mass is 16.5. The van der Waals surface area contributed by atoms with Crippen molar-refractivity contribution >= 4 is 22.8 Å². The van der Waals surface area contributed by atoms with Gasteiger partial charge in [0.05, 0.1) is 12.7 Å². The zero-order valence-corrected chi connectivity index (χ0v) is 14.3. The lowest BCUT2D eigenvalue weighted by Gasteiger charge is -2.29. The first-order valence-electron chi connectivity index (χ1n) is 8.67. The van der Waals surface area contributed by atoms with E-state index in [0.717, 1.165) is 24.6 Å². The molecule has 1 fully saturated rings. The zero-order chi connectivity index (χ0) is 17.8. The standard InChI is InChI=1S/C19H23NO5/c1-12-4-2-3-5-16(12)20-18(22)11-25-19(23)8-13-10-24-17-9-14(21)6-7-15(13)17/h6-7,9-10,12,16,21H,2-5,8,11H2,1H3,(H,20,22)/t12-,16-/m1/s1. The summed E-state index contributed by atoms with van der Waals surface area (Å²) >= 11 is 0. The van der Waals surface area contributed by atoms with Gasteiger partial charge < -0.3 is 19.6 Å². The lowest BCUT2D eigenvalue weighted by atomic mass is 9.86. The molecule has 25 heavy (non-hydrogen) atoms. The molecule has 0 bridgehead atoms. The molecule has 2 atom stereocenters. The van der Waals surface area contributed by atoms with E-state index in [9.17, 15) is 14.7 Å². The van der Waals surface area contributed by atoms with Crippen LogP contribution in [0.3, 0.4) is 0 Å². The Morgan fingerprint density at radius 2 is 2.12 bits per heavy atom. The van der Waals surface area contributed by atoms with E-state index in [2.05, 4.69) is 12.2 Å². The molecule has 0 aliphatic heterocycles. The van der Waals surface area contributed by atoms with Gasteiger partial charge in [-0.05, 0) is 30.9 Å². The van der Waals surface area contributed by atoms with Crippen molar-refractivity contribution in [3.8, 4) is 5.75 Å². The number of nitrogens with one attached hydrogen (secondary N) is 1. The van der Waals surface area contributed by atoms with Crippen molar-refractivity contribution in [2.24, 2.45) is 5.92 Å². The lowest BCUT2D eigenvalue weighted by Crippen LogP contribution is -2.42. The number of phenolic OH excluding ortho intramolecular Hbond substituents is 1. The molecule has 1 aliphatic rings. The van der Waals surface area contributed by atoms with Crippen LogP contribution in [0.15, 0.2) is 28.9 Å². The number of phenols is 1. The van der Waals surface area contributed by atoms with Gasteiger partial charge in [0.1, 0.15) is 11.3 Å². The van der Waals surface area contributed by atoms with Crippen LogP contribution < -0.4 is 5.32 Å². The number of furan rings is 1. The van der Waals surface area contributed by atoms with E-state index in [4.69, 9.17) is 9.15 Å². The van der Waals surface area contributed by atoms with Crippen LogP contribution >= 0.6 is 0 Å². The van der Waals surface area contributed by atoms with Gasteiger partial charge in [-0.2, -0.15) is 0 Å². The molecule has 1 saturated carbocycles. The molecule has 1 amide bonds. The Kier molecular flexibility index (Phi) is 5.26. The number of aromatic hydroxyl groups is 1. The number of hydrogen-bond acceptors (Lipinski definition) is 5. The molecule has 2 N–H and O–H groups in total. The van der Waals surface area contributed by atoms with E-state index in [0.29, 0.717) is 17.1 Å². The Morgan fingerprint density at radius 1 is 1.32 bits per heavy atom. The van der Waals surface area contributed by atoms with Crippen LogP contribution in [0.4, 0.5) is 0 Å². The summed E-state index contributed by atoms with van der Waals surface area (Å²) in [6.07, 6.45) is 5.92. The number of hydrogen-bond donors (Lipinski definition) is 2. The van der Waals surface area contributed by atoms with Crippen LogP contribution in [0, 0.1) is 5.92 Å².